The lowest BCUT2D eigenvalue weighted by molar-refractivity contribution is -0.309. The third-order valence-corrected chi connectivity index (χ3v) is 3.08. The molecule has 0 amide bonds. The van der Waals surface area contributed by atoms with Gasteiger partial charge in [0.15, 0.2) is 6.29 Å². The Morgan fingerprint density at radius 1 is 1.21 bits per heavy atom. The van der Waals surface area contributed by atoms with E-state index in [0.717, 1.165) is 0 Å². The number of hydrogen-bond acceptors (Lipinski definition) is 8. The SMILES string of the molecule is COC1C(O)[C@H](OCC(O)[C@H](C)O)OC(CO)[C@H]1O. The molecule has 1 rings (SSSR count). The molecule has 1 saturated heterocycles. The second kappa shape index (κ2) is 7.46. The lowest BCUT2D eigenvalue weighted by Crippen LogP contribution is -2.60. The molecule has 1 aliphatic rings. The average Bonchev–Trinajstić information content (AvgIpc) is 2.38. The van der Waals surface area contributed by atoms with E-state index < -0.39 is 49.5 Å². The van der Waals surface area contributed by atoms with Gasteiger partial charge in [0.25, 0.3) is 0 Å². The minimum Gasteiger partial charge on any atom is -0.394 e. The van der Waals surface area contributed by atoms with Gasteiger partial charge in [-0.2, -0.15) is 0 Å². The third kappa shape index (κ3) is 4.07. The van der Waals surface area contributed by atoms with Gasteiger partial charge in [0.1, 0.15) is 30.5 Å². The summed E-state index contributed by atoms with van der Waals surface area (Å²) in [6.45, 7) is 0.668. The summed E-state index contributed by atoms with van der Waals surface area (Å²) >= 11 is 0. The van der Waals surface area contributed by atoms with Crippen molar-refractivity contribution < 1.29 is 39.7 Å². The third-order valence-electron chi connectivity index (χ3n) is 3.08. The molecule has 0 aromatic carbocycles. The van der Waals surface area contributed by atoms with Crippen molar-refractivity contribution in [2.75, 3.05) is 20.3 Å². The molecular formula is C11H22O8. The fourth-order valence-corrected chi connectivity index (χ4v) is 1.80. The van der Waals surface area contributed by atoms with Crippen LogP contribution in [-0.4, -0.2) is 88.8 Å². The van der Waals surface area contributed by atoms with Crippen LogP contribution in [0, 0.1) is 0 Å². The maximum absolute atomic E-state index is 9.90. The Kier molecular flexibility index (Phi) is 6.57. The Bertz CT molecular complexity index is 261. The Balaban J connectivity index is 2.61. The highest BCUT2D eigenvalue weighted by molar-refractivity contribution is 4.90. The van der Waals surface area contributed by atoms with Gasteiger partial charge in [-0.25, -0.2) is 0 Å². The molecule has 19 heavy (non-hydrogen) atoms. The van der Waals surface area contributed by atoms with Crippen LogP contribution in [0.15, 0.2) is 0 Å². The minimum absolute atomic E-state index is 0.260. The topological polar surface area (TPSA) is 129 Å². The largest absolute Gasteiger partial charge is 0.394 e. The van der Waals surface area contributed by atoms with Crippen LogP contribution in [0.4, 0.5) is 0 Å². The van der Waals surface area contributed by atoms with Gasteiger partial charge in [0.2, 0.25) is 0 Å². The Hall–Kier alpha value is -0.320. The van der Waals surface area contributed by atoms with Crippen LogP contribution in [0.5, 0.6) is 0 Å². The van der Waals surface area contributed by atoms with E-state index in [-0.39, 0.29) is 6.61 Å². The predicted octanol–water partition coefficient (Wildman–Crippen LogP) is -2.80. The van der Waals surface area contributed by atoms with E-state index in [4.69, 9.17) is 24.4 Å². The summed E-state index contributed by atoms with van der Waals surface area (Å²) in [5.74, 6) is 0. The summed E-state index contributed by atoms with van der Waals surface area (Å²) in [4.78, 5) is 0. The molecule has 0 aliphatic carbocycles. The minimum atomic E-state index is -1.27. The molecule has 4 unspecified atom stereocenters. The van der Waals surface area contributed by atoms with Crippen LogP contribution in [0.3, 0.4) is 0 Å². The van der Waals surface area contributed by atoms with E-state index in [9.17, 15) is 15.3 Å². The van der Waals surface area contributed by atoms with Crippen molar-refractivity contribution >= 4 is 0 Å². The predicted molar refractivity (Wildman–Crippen MR) is 62.2 cm³/mol. The van der Waals surface area contributed by atoms with E-state index in [0.29, 0.717) is 0 Å². The maximum Gasteiger partial charge on any atom is 0.186 e. The van der Waals surface area contributed by atoms with Gasteiger partial charge in [0.05, 0.1) is 19.3 Å². The number of rotatable bonds is 6. The molecule has 8 heteroatoms. The zero-order valence-electron chi connectivity index (χ0n) is 10.9. The van der Waals surface area contributed by atoms with Crippen LogP contribution in [0.25, 0.3) is 0 Å². The molecule has 1 fully saturated rings. The van der Waals surface area contributed by atoms with Gasteiger partial charge in [-0.3, -0.25) is 0 Å². The first-order valence-corrected chi connectivity index (χ1v) is 6.05. The van der Waals surface area contributed by atoms with Crippen molar-refractivity contribution in [1.29, 1.82) is 0 Å². The fraction of sp³-hybridized carbons (Fsp3) is 1.00. The number of methoxy groups -OCH3 is 1. The molecular weight excluding hydrogens is 260 g/mol. The van der Waals surface area contributed by atoms with Crippen molar-refractivity contribution in [2.24, 2.45) is 0 Å². The molecule has 0 radical (unpaired) electrons. The molecule has 7 atom stereocenters. The van der Waals surface area contributed by atoms with Gasteiger partial charge in [-0.05, 0) is 6.92 Å². The van der Waals surface area contributed by atoms with Crippen LogP contribution >= 0.6 is 0 Å². The van der Waals surface area contributed by atoms with E-state index in [1.807, 2.05) is 0 Å². The van der Waals surface area contributed by atoms with Crippen molar-refractivity contribution in [3.63, 3.8) is 0 Å². The maximum atomic E-state index is 9.90. The Morgan fingerprint density at radius 3 is 2.32 bits per heavy atom. The van der Waals surface area contributed by atoms with E-state index in [1.54, 1.807) is 0 Å². The molecule has 1 aliphatic heterocycles. The zero-order valence-corrected chi connectivity index (χ0v) is 10.9. The Morgan fingerprint density at radius 2 is 1.84 bits per heavy atom. The molecule has 114 valence electrons. The first-order valence-electron chi connectivity index (χ1n) is 6.05. The zero-order chi connectivity index (χ0) is 14.6. The average molecular weight is 282 g/mol. The highest BCUT2D eigenvalue weighted by Crippen LogP contribution is 2.24. The summed E-state index contributed by atoms with van der Waals surface area (Å²) in [5.41, 5.74) is 0. The van der Waals surface area contributed by atoms with Crippen LogP contribution in [0.1, 0.15) is 6.92 Å². The van der Waals surface area contributed by atoms with Gasteiger partial charge < -0.3 is 39.7 Å². The van der Waals surface area contributed by atoms with E-state index in [1.165, 1.54) is 14.0 Å². The van der Waals surface area contributed by atoms with Gasteiger partial charge in [-0.15, -0.1) is 0 Å². The number of hydrogen-bond donors (Lipinski definition) is 5. The molecule has 0 bridgehead atoms. The summed E-state index contributed by atoms with van der Waals surface area (Å²) in [6.07, 6.45) is -7.68. The monoisotopic (exact) mass is 282 g/mol. The molecule has 1 heterocycles. The lowest BCUT2D eigenvalue weighted by atomic mass is 9.99. The second-order valence-corrected chi connectivity index (χ2v) is 4.55. The summed E-state index contributed by atoms with van der Waals surface area (Å²) in [7, 11) is 1.30. The van der Waals surface area contributed by atoms with Crippen molar-refractivity contribution in [3.05, 3.63) is 0 Å². The van der Waals surface area contributed by atoms with Crippen LogP contribution in [0.2, 0.25) is 0 Å². The standard InChI is InChI=1S/C11H22O8/c1-5(13)6(14)4-18-11-9(16)10(17-2)8(15)7(3-12)19-11/h5-16H,3-4H2,1-2H3/t5-,6?,7?,8+,9?,10?,11+/m0/s1. The van der Waals surface area contributed by atoms with Crippen LogP contribution < -0.4 is 0 Å². The normalized spacial score (nSPS) is 39.0. The quantitative estimate of drug-likeness (QED) is 0.353. The van der Waals surface area contributed by atoms with Gasteiger partial charge >= 0.3 is 0 Å². The fourth-order valence-electron chi connectivity index (χ4n) is 1.80. The summed E-state index contributed by atoms with van der Waals surface area (Å²) in [5, 5.41) is 47.3. The first-order chi connectivity index (χ1) is 8.92. The van der Waals surface area contributed by atoms with Crippen LogP contribution in [-0.2, 0) is 14.2 Å². The van der Waals surface area contributed by atoms with Crippen molar-refractivity contribution in [3.8, 4) is 0 Å². The molecule has 0 aromatic heterocycles. The second-order valence-electron chi connectivity index (χ2n) is 4.55. The van der Waals surface area contributed by atoms with E-state index in [2.05, 4.69) is 0 Å². The lowest BCUT2D eigenvalue weighted by Gasteiger charge is -2.41. The van der Waals surface area contributed by atoms with Gasteiger partial charge in [0, 0.05) is 7.11 Å². The molecule has 8 nitrogen and oxygen atoms in total. The number of aliphatic hydroxyl groups is 5. The number of aliphatic hydroxyl groups excluding tert-OH is 5. The smallest absolute Gasteiger partial charge is 0.186 e. The highest BCUT2D eigenvalue weighted by atomic mass is 16.7. The number of ether oxygens (including phenoxy) is 3. The molecule has 0 saturated carbocycles. The summed E-state index contributed by atoms with van der Waals surface area (Å²) in [6, 6.07) is 0. The van der Waals surface area contributed by atoms with Crippen molar-refractivity contribution in [2.45, 2.75) is 49.8 Å². The highest BCUT2D eigenvalue weighted by Gasteiger charge is 2.45. The molecule has 0 aromatic rings. The van der Waals surface area contributed by atoms with Gasteiger partial charge in [-0.1, -0.05) is 0 Å². The molecule has 0 spiro atoms. The van der Waals surface area contributed by atoms with Crippen molar-refractivity contribution in [1.82, 2.24) is 0 Å². The Labute approximate surface area is 111 Å². The van der Waals surface area contributed by atoms with E-state index >= 15 is 0 Å². The first kappa shape index (κ1) is 16.7. The molecule has 5 N–H and O–H groups in total. The summed E-state index contributed by atoms with van der Waals surface area (Å²) < 4.78 is 15.3.